The summed E-state index contributed by atoms with van der Waals surface area (Å²) in [7, 11) is -4.11. The molecule has 1 N–H and O–H groups in total. The Morgan fingerprint density at radius 1 is 1.20 bits per heavy atom. The zero-order valence-corrected chi connectivity index (χ0v) is 14.8. The second kappa shape index (κ2) is 6.81. The van der Waals surface area contributed by atoms with E-state index in [2.05, 4.69) is 4.72 Å². The van der Waals surface area contributed by atoms with E-state index in [9.17, 15) is 17.6 Å². The summed E-state index contributed by atoms with van der Waals surface area (Å²) in [6.45, 7) is 1.77. The van der Waals surface area contributed by atoms with Crippen molar-refractivity contribution in [3.63, 3.8) is 0 Å². The van der Waals surface area contributed by atoms with Crippen LogP contribution in [0.3, 0.4) is 0 Å². The predicted octanol–water partition coefficient (Wildman–Crippen LogP) is 4.02. The van der Waals surface area contributed by atoms with Crippen LogP contribution in [0.25, 0.3) is 10.1 Å². The number of halogens is 1. The maximum absolute atomic E-state index is 13.3. The minimum atomic E-state index is -4.11. The fourth-order valence-electron chi connectivity index (χ4n) is 2.38. The van der Waals surface area contributed by atoms with Crippen LogP contribution in [0.15, 0.2) is 53.4 Å². The molecule has 0 aliphatic carbocycles. The minimum absolute atomic E-state index is 0.00745. The van der Waals surface area contributed by atoms with E-state index in [1.165, 1.54) is 18.2 Å². The van der Waals surface area contributed by atoms with Crippen molar-refractivity contribution in [3.8, 4) is 0 Å². The quantitative estimate of drug-likeness (QED) is 0.680. The van der Waals surface area contributed by atoms with Gasteiger partial charge >= 0.3 is 5.97 Å². The predicted molar refractivity (Wildman–Crippen MR) is 95.0 cm³/mol. The Hall–Kier alpha value is -2.45. The number of hydrogen-bond donors (Lipinski definition) is 1. The molecule has 2 aromatic carbocycles. The molecule has 0 atom stereocenters. The zero-order valence-electron chi connectivity index (χ0n) is 13.2. The van der Waals surface area contributed by atoms with Gasteiger partial charge in [0.15, 0.2) is 0 Å². The van der Waals surface area contributed by atoms with E-state index in [-0.39, 0.29) is 22.1 Å². The molecule has 1 aromatic heterocycles. The monoisotopic (exact) mass is 379 g/mol. The summed E-state index contributed by atoms with van der Waals surface area (Å²) < 4.78 is 47.1. The Bertz CT molecular complexity index is 1040. The summed E-state index contributed by atoms with van der Waals surface area (Å²) in [5, 5.41) is 0.416. The van der Waals surface area contributed by atoms with Crippen LogP contribution in [0.5, 0.6) is 0 Å². The highest BCUT2D eigenvalue weighted by atomic mass is 32.2. The van der Waals surface area contributed by atoms with Crippen LogP contribution in [0.2, 0.25) is 0 Å². The Balaban J connectivity index is 2.15. The van der Waals surface area contributed by atoms with Gasteiger partial charge in [-0.1, -0.05) is 24.3 Å². The molecule has 0 amide bonds. The third kappa shape index (κ3) is 3.49. The van der Waals surface area contributed by atoms with E-state index < -0.39 is 21.8 Å². The molecule has 1 heterocycles. The Kier molecular flexibility index (Phi) is 4.73. The molecule has 0 aliphatic rings. The van der Waals surface area contributed by atoms with Crippen molar-refractivity contribution < 1.29 is 22.3 Å². The van der Waals surface area contributed by atoms with Gasteiger partial charge in [0.1, 0.15) is 15.6 Å². The van der Waals surface area contributed by atoms with Crippen LogP contribution in [0.1, 0.15) is 16.6 Å². The Morgan fingerprint density at radius 3 is 2.68 bits per heavy atom. The first-order chi connectivity index (χ1) is 11.9. The van der Waals surface area contributed by atoms with Gasteiger partial charge in [-0.2, -0.15) is 0 Å². The first-order valence-electron chi connectivity index (χ1n) is 7.39. The van der Waals surface area contributed by atoms with Gasteiger partial charge < -0.3 is 4.74 Å². The molecule has 0 fully saturated rings. The highest BCUT2D eigenvalue weighted by Crippen LogP contribution is 2.36. The molecule has 25 heavy (non-hydrogen) atoms. The molecule has 8 heteroatoms. The number of rotatable bonds is 5. The van der Waals surface area contributed by atoms with Gasteiger partial charge in [-0.15, -0.1) is 11.3 Å². The standard InChI is InChI=1S/C17H14FNO4S2/c1-2-23-17(20)15-16(13-8-3-4-9-14(13)24-15)25(21,22)19-12-7-5-6-11(18)10-12/h3-10,19H,2H2,1H3. The SMILES string of the molecule is CCOC(=O)c1sc2ccccc2c1S(=O)(=O)Nc1cccc(F)c1. The van der Waals surface area contributed by atoms with Crippen molar-refractivity contribution in [2.75, 3.05) is 11.3 Å². The number of hydrogen-bond acceptors (Lipinski definition) is 5. The summed E-state index contributed by atoms with van der Waals surface area (Å²) in [5.41, 5.74) is 0.0742. The van der Waals surface area contributed by atoms with E-state index in [1.807, 2.05) is 0 Å². The lowest BCUT2D eigenvalue weighted by Gasteiger charge is -2.09. The number of carbonyl (C=O) groups is 1. The number of fused-ring (bicyclic) bond motifs is 1. The molecular formula is C17H14FNO4S2. The first kappa shape index (κ1) is 17.4. The van der Waals surface area contributed by atoms with Crippen molar-refractivity contribution in [3.05, 3.63) is 59.2 Å². The average molecular weight is 379 g/mol. The number of sulfonamides is 1. The van der Waals surface area contributed by atoms with E-state index in [4.69, 9.17) is 4.74 Å². The lowest BCUT2D eigenvalue weighted by molar-refractivity contribution is 0.0528. The molecule has 3 rings (SSSR count). The lowest BCUT2D eigenvalue weighted by Crippen LogP contribution is -2.16. The van der Waals surface area contributed by atoms with Crippen LogP contribution in [0.4, 0.5) is 10.1 Å². The fraction of sp³-hybridized carbons (Fsp3) is 0.118. The second-order valence-corrected chi connectivity index (χ2v) is 7.76. The van der Waals surface area contributed by atoms with Gasteiger partial charge in [0.2, 0.25) is 0 Å². The highest BCUT2D eigenvalue weighted by Gasteiger charge is 2.29. The third-order valence-corrected chi connectivity index (χ3v) is 6.10. The smallest absolute Gasteiger partial charge is 0.349 e. The van der Waals surface area contributed by atoms with Crippen molar-refractivity contribution in [2.45, 2.75) is 11.8 Å². The van der Waals surface area contributed by atoms with Gasteiger partial charge in [-0.25, -0.2) is 17.6 Å². The van der Waals surface area contributed by atoms with Crippen molar-refractivity contribution >= 4 is 43.1 Å². The maximum Gasteiger partial charge on any atom is 0.349 e. The number of esters is 1. The molecule has 130 valence electrons. The first-order valence-corrected chi connectivity index (χ1v) is 9.69. The van der Waals surface area contributed by atoms with Crippen molar-refractivity contribution in [2.24, 2.45) is 0 Å². The minimum Gasteiger partial charge on any atom is -0.462 e. The van der Waals surface area contributed by atoms with Gasteiger partial charge in [0, 0.05) is 10.1 Å². The number of thiophene rings is 1. The van der Waals surface area contributed by atoms with E-state index in [1.54, 1.807) is 31.2 Å². The Morgan fingerprint density at radius 2 is 1.96 bits per heavy atom. The van der Waals surface area contributed by atoms with Crippen molar-refractivity contribution in [1.29, 1.82) is 0 Å². The number of carbonyl (C=O) groups excluding carboxylic acids is 1. The topological polar surface area (TPSA) is 72.5 Å². The average Bonchev–Trinajstić information content (AvgIpc) is 2.95. The molecular weight excluding hydrogens is 365 g/mol. The normalized spacial score (nSPS) is 11.4. The summed E-state index contributed by atoms with van der Waals surface area (Å²) in [6, 6.07) is 11.9. The van der Waals surface area contributed by atoms with E-state index in [0.29, 0.717) is 10.1 Å². The van der Waals surface area contributed by atoms with E-state index in [0.717, 1.165) is 17.4 Å². The van der Waals surface area contributed by atoms with Gasteiger partial charge in [0.05, 0.1) is 12.3 Å². The third-order valence-electron chi connectivity index (χ3n) is 3.36. The van der Waals surface area contributed by atoms with Crippen molar-refractivity contribution in [1.82, 2.24) is 0 Å². The van der Waals surface area contributed by atoms with Crippen LogP contribution in [-0.2, 0) is 14.8 Å². The number of ether oxygens (including phenoxy) is 1. The molecule has 0 unspecified atom stereocenters. The lowest BCUT2D eigenvalue weighted by atomic mass is 10.2. The van der Waals surface area contributed by atoms with Crippen LogP contribution in [0, 0.1) is 5.82 Å². The van der Waals surface area contributed by atoms with Crippen LogP contribution >= 0.6 is 11.3 Å². The number of nitrogens with one attached hydrogen (secondary N) is 1. The molecule has 3 aromatic rings. The molecule has 0 spiro atoms. The van der Waals surface area contributed by atoms with Crippen LogP contribution in [-0.4, -0.2) is 21.0 Å². The Labute approximate surface area is 148 Å². The highest BCUT2D eigenvalue weighted by molar-refractivity contribution is 7.93. The van der Waals surface area contributed by atoms with Gasteiger partial charge in [-0.3, -0.25) is 4.72 Å². The number of benzene rings is 2. The van der Waals surface area contributed by atoms with Crippen LogP contribution < -0.4 is 4.72 Å². The molecule has 0 saturated carbocycles. The summed E-state index contributed by atoms with van der Waals surface area (Å²) in [4.78, 5) is 12.1. The van der Waals surface area contributed by atoms with E-state index >= 15 is 0 Å². The fourth-order valence-corrected chi connectivity index (χ4v) is 5.22. The maximum atomic E-state index is 13.3. The molecule has 0 radical (unpaired) electrons. The van der Waals surface area contributed by atoms with Gasteiger partial charge in [0.25, 0.3) is 10.0 Å². The molecule has 0 aliphatic heterocycles. The number of anilines is 1. The second-order valence-electron chi connectivity index (χ2n) is 5.09. The molecule has 0 bridgehead atoms. The summed E-state index contributed by atoms with van der Waals surface area (Å²) in [5.74, 6) is -1.27. The zero-order chi connectivity index (χ0) is 18.0. The summed E-state index contributed by atoms with van der Waals surface area (Å²) in [6.07, 6.45) is 0. The van der Waals surface area contributed by atoms with Gasteiger partial charge in [-0.05, 0) is 31.2 Å². The molecule has 0 saturated heterocycles. The molecule has 5 nitrogen and oxygen atoms in total. The summed E-state index contributed by atoms with van der Waals surface area (Å²) >= 11 is 1.04. The largest absolute Gasteiger partial charge is 0.462 e.